The number of rotatable bonds is 37. The number of allylic oxidation sites excluding steroid dienone is 10. The predicted molar refractivity (Wildman–Crippen MR) is 216 cm³/mol. The molecule has 300 valence electrons. The number of hydrogen-bond donors (Lipinski definition) is 1. The van der Waals surface area contributed by atoms with E-state index in [-0.39, 0.29) is 25.4 Å². The van der Waals surface area contributed by atoms with Gasteiger partial charge in [-0.2, -0.15) is 0 Å². The van der Waals surface area contributed by atoms with Crippen LogP contribution in [0.2, 0.25) is 0 Å². The topological polar surface area (TPSA) is 108 Å². The van der Waals surface area contributed by atoms with E-state index in [4.69, 9.17) is 14.0 Å². The maximum atomic E-state index is 12.5. The van der Waals surface area contributed by atoms with Crippen molar-refractivity contribution < 1.29 is 37.6 Å². The molecule has 0 aromatic rings. The Hall–Kier alpha value is -2.25. The first kappa shape index (κ1) is 49.8. The van der Waals surface area contributed by atoms with Crippen molar-refractivity contribution in [1.82, 2.24) is 0 Å². The van der Waals surface area contributed by atoms with Crippen molar-refractivity contribution in [2.75, 3.05) is 20.3 Å². The number of esters is 2. The van der Waals surface area contributed by atoms with Gasteiger partial charge in [0.05, 0.1) is 6.61 Å². The van der Waals surface area contributed by atoms with E-state index in [2.05, 4.69) is 79.1 Å². The van der Waals surface area contributed by atoms with Crippen molar-refractivity contribution in [3.8, 4) is 0 Å². The zero-order chi connectivity index (χ0) is 38.2. The van der Waals surface area contributed by atoms with Crippen LogP contribution in [-0.2, 0) is 32.7 Å². The summed E-state index contributed by atoms with van der Waals surface area (Å²) in [5, 5.41) is 0. The van der Waals surface area contributed by atoms with Crippen LogP contribution in [0.4, 0.5) is 0 Å². The standard InChI is InChI=1S/C43H75O8P/c1-4-6-8-10-12-14-16-18-20-21-22-24-25-27-29-31-33-35-37-42(44)49-39-41(40-50-52(46,47)48-3)51-43(45)38-36-34-32-30-28-26-23-19-17-15-13-11-9-7-5-2/h7,9,13,15,19-21,23,28,30,41H,4-6,8,10-12,14,16-18,22,24-27,29,31-40H2,1-3H3,(H,46,47)/b9-7-,15-13-,21-20-,23-19-,30-28-. The van der Waals surface area contributed by atoms with Gasteiger partial charge >= 0.3 is 19.8 Å². The highest BCUT2D eigenvalue weighted by molar-refractivity contribution is 7.47. The van der Waals surface area contributed by atoms with Gasteiger partial charge in [-0.25, -0.2) is 4.57 Å². The summed E-state index contributed by atoms with van der Waals surface area (Å²) in [4.78, 5) is 34.4. The lowest BCUT2D eigenvalue weighted by atomic mass is 10.1. The molecule has 0 saturated carbocycles. The Morgan fingerprint density at radius 1 is 0.558 bits per heavy atom. The summed E-state index contributed by atoms with van der Waals surface area (Å²) < 4.78 is 31.9. The van der Waals surface area contributed by atoms with Crippen molar-refractivity contribution >= 4 is 19.8 Å². The first-order chi connectivity index (χ1) is 25.3. The second-order valence-corrected chi connectivity index (χ2v) is 14.9. The number of hydrogen-bond acceptors (Lipinski definition) is 7. The molecule has 0 aromatic carbocycles. The van der Waals surface area contributed by atoms with Gasteiger partial charge in [-0.3, -0.25) is 18.6 Å². The fourth-order valence-corrected chi connectivity index (χ4v) is 5.81. The van der Waals surface area contributed by atoms with E-state index >= 15 is 0 Å². The average Bonchev–Trinajstić information content (AvgIpc) is 3.13. The summed E-state index contributed by atoms with van der Waals surface area (Å²) in [7, 11) is -3.22. The first-order valence-corrected chi connectivity index (χ1v) is 22.0. The Morgan fingerprint density at radius 2 is 0.981 bits per heavy atom. The van der Waals surface area contributed by atoms with Gasteiger partial charge in [-0.1, -0.05) is 145 Å². The maximum Gasteiger partial charge on any atom is 0.472 e. The summed E-state index contributed by atoms with van der Waals surface area (Å²) in [5.41, 5.74) is 0. The average molecular weight is 751 g/mol. The molecule has 0 radical (unpaired) electrons. The van der Waals surface area contributed by atoms with Crippen LogP contribution >= 0.6 is 7.82 Å². The predicted octanol–water partition coefficient (Wildman–Crippen LogP) is 12.8. The molecule has 0 aliphatic heterocycles. The van der Waals surface area contributed by atoms with E-state index in [1.54, 1.807) is 0 Å². The normalized spacial score (nSPS) is 14.0. The minimum Gasteiger partial charge on any atom is -0.462 e. The lowest BCUT2D eigenvalue weighted by Crippen LogP contribution is -2.29. The van der Waals surface area contributed by atoms with Crippen LogP contribution in [0.15, 0.2) is 60.8 Å². The van der Waals surface area contributed by atoms with Crippen molar-refractivity contribution in [2.45, 2.75) is 180 Å². The Bertz CT molecular complexity index is 1030. The molecule has 0 amide bonds. The number of unbranched alkanes of at least 4 members (excludes halogenated alkanes) is 16. The van der Waals surface area contributed by atoms with Gasteiger partial charge < -0.3 is 14.4 Å². The fraction of sp³-hybridized carbons (Fsp3) is 0.721. The lowest BCUT2D eigenvalue weighted by molar-refractivity contribution is -0.161. The third-order valence-corrected chi connectivity index (χ3v) is 9.43. The summed E-state index contributed by atoms with van der Waals surface area (Å²) in [6.07, 6.45) is 47.0. The maximum absolute atomic E-state index is 12.5. The van der Waals surface area contributed by atoms with Crippen LogP contribution in [0.3, 0.4) is 0 Å². The van der Waals surface area contributed by atoms with Crippen LogP contribution < -0.4 is 0 Å². The number of carbonyl (C=O) groups is 2. The molecule has 8 nitrogen and oxygen atoms in total. The Morgan fingerprint density at radius 3 is 1.52 bits per heavy atom. The highest BCUT2D eigenvalue weighted by Crippen LogP contribution is 2.42. The third-order valence-electron chi connectivity index (χ3n) is 8.50. The zero-order valence-electron chi connectivity index (χ0n) is 33.2. The van der Waals surface area contributed by atoms with Crippen molar-refractivity contribution in [3.63, 3.8) is 0 Å². The number of phosphoric ester groups is 1. The molecule has 0 saturated heterocycles. The summed E-state index contributed by atoms with van der Waals surface area (Å²) in [6, 6.07) is 0. The van der Waals surface area contributed by atoms with E-state index in [0.717, 1.165) is 77.7 Å². The highest BCUT2D eigenvalue weighted by Gasteiger charge is 2.24. The molecule has 0 fully saturated rings. The van der Waals surface area contributed by atoms with E-state index in [1.165, 1.54) is 70.6 Å². The third kappa shape index (κ3) is 37.5. The van der Waals surface area contributed by atoms with Gasteiger partial charge in [0.15, 0.2) is 6.10 Å². The molecule has 0 bridgehead atoms. The lowest BCUT2D eigenvalue weighted by Gasteiger charge is -2.19. The molecular formula is C43H75O8P. The molecule has 0 aliphatic rings. The van der Waals surface area contributed by atoms with Gasteiger partial charge in [0.1, 0.15) is 6.61 Å². The van der Waals surface area contributed by atoms with E-state index < -0.39 is 26.5 Å². The van der Waals surface area contributed by atoms with Gasteiger partial charge in [0, 0.05) is 20.0 Å². The van der Waals surface area contributed by atoms with Crippen LogP contribution in [0.1, 0.15) is 174 Å². The smallest absolute Gasteiger partial charge is 0.462 e. The number of ether oxygens (including phenoxy) is 2. The quantitative estimate of drug-likeness (QED) is 0.0289. The van der Waals surface area contributed by atoms with Gasteiger partial charge in [-0.05, 0) is 77.0 Å². The molecule has 9 heteroatoms. The molecular weight excluding hydrogens is 675 g/mol. The van der Waals surface area contributed by atoms with Crippen molar-refractivity contribution in [2.24, 2.45) is 0 Å². The number of phosphoric acid groups is 1. The number of carbonyl (C=O) groups excluding carboxylic acids is 2. The van der Waals surface area contributed by atoms with Crippen molar-refractivity contribution in [1.29, 1.82) is 0 Å². The minimum atomic E-state index is -4.27. The van der Waals surface area contributed by atoms with Gasteiger partial charge in [-0.15, -0.1) is 0 Å². The first-order valence-electron chi connectivity index (χ1n) is 20.5. The Balaban J connectivity index is 4.09. The van der Waals surface area contributed by atoms with Crippen molar-refractivity contribution in [3.05, 3.63) is 60.8 Å². The second kappa shape index (κ2) is 38.5. The monoisotopic (exact) mass is 751 g/mol. The highest BCUT2D eigenvalue weighted by atomic mass is 31.2. The SMILES string of the molecule is CC/C=C\C/C=C\C/C=C\C/C=C\CCCCC(=O)OC(COC(=O)CCCCCCCCC/C=C\CCCCCCCCC)COP(=O)(O)OC. The summed E-state index contributed by atoms with van der Waals surface area (Å²) in [6.45, 7) is 3.73. The largest absolute Gasteiger partial charge is 0.472 e. The molecule has 0 spiro atoms. The van der Waals surface area contributed by atoms with Crippen LogP contribution in [0.5, 0.6) is 0 Å². The van der Waals surface area contributed by atoms with Crippen LogP contribution in [0, 0.1) is 0 Å². The molecule has 52 heavy (non-hydrogen) atoms. The van der Waals surface area contributed by atoms with Gasteiger partial charge in [0.25, 0.3) is 0 Å². The summed E-state index contributed by atoms with van der Waals surface area (Å²) in [5.74, 6) is -0.860. The second-order valence-electron chi connectivity index (χ2n) is 13.4. The minimum absolute atomic E-state index is 0.190. The molecule has 0 aliphatic carbocycles. The van der Waals surface area contributed by atoms with E-state index in [0.29, 0.717) is 6.42 Å². The Labute approximate surface area is 318 Å². The van der Waals surface area contributed by atoms with Gasteiger partial charge in [0.2, 0.25) is 0 Å². The molecule has 0 aromatic heterocycles. The van der Waals surface area contributed by atoms with E-state index in [1.807, 2.05) is 0 Å². The molecule has 0 heterocycles. The zero-order valence-corrected chi connectivity index (χ0v) is 34.1. The van der Waals surface area contributed by atoms with Crippen LogP contribution in [0.25, 0.3) is 0 Å². The molecule has 2 unspecified atom stereocenters. The van der Waals surface area contributed by atoms with E-state index in [9.17, 15) is 19.0 Å². The Kier molecular flexibility index (Phi) is 36.8. The molecule has 0 rings (SSSR count). The summed E-state index contributed by atoms with van der Waals surface area (Å²) >= 11 is 0. The molecule has 2 atom stereocenters. The van der Waals surface area contributed by atoms with Crippen LogP contribution in [-0.4, -0.2) is 43.3 Å². The fourth-order valence-electron chi connectivity index (χ4n) is 5.35. The molecule has 1 N–H and O–H groups in total.